The molecular formula is C21H26N3O5+. The Balaban J connectivity index is 1.92. The smallest absolute Gasteiger partial charge is 0.339 e. The normalized spacial score (nSPS) is 11.3. The van der Waals surface area contributed by atoms with Crippen LogP contribution >= 0.6 is 0 Å². The maximum atomic E-state index is 12.4. The van der Waals surface area contributed by atoms with Gasteiger partial charge in [0.05, 0.1) is 32.0 Å². The lowest BCUT2D eigenvalue weighted by molar-refractivity contribution is -0.881. The minimum atomic E-state index is -0.528. The fourth-order valence-corrected chi connectivity index (χ4v) is 2.72. The zero-order chi connectivity index (χ0) is 21.2. The van der Waals surface area contributed by atoms with Crippen molar-refractivity contribution in [1.29, 1.82) is 0 Å². The van der Waals surface area contributed by atoms with Crippen molar-refractivity contribution in [3.05, 3.63) is 54.1 Å². The zero-order valence-electron chi connectivity index (χ0n) is 16.8. The van der Waals surface area contributed by atoms with E-state index in [0.29, 0.717) is 23.7 Å². The number of benzene rings is 2. The Morgan fingerprint density at radius 1 is 0.897 bits per heavy atom. The Bertz CT molecular complexity index is 852. The highest BCUT2D eigenvalue weighted by molar-refractivity contribution is 6.01. The van der Waals surface area contributed by atoms with Gasteiger partial charge in [-0.1, -0.05) is 12.1 Å². The van der Waals surface area contributed by atoms with Gasteiger partial charge in [0.2, 0.25) is 0 Å². The number of esters is 1. The quantitative estimate of drug-likeness (QED) is 0.545. The van der Waals surface area contributed by atoms with Gasteiger partial charge in [-0.25, -0.2) is 4.79 Å². The van der Waals surface area contributed by atoms with Crippen LogP contribution in [0.5, 0.6) is 5.75 Å². The molecule has 0 saturated carbocycles. The molecule has 0 radical (unpaired) electrons. The second kappa shape index (κ2) is 10.8. The fraction of sp³-hybridized carbons (Fsp3) is 0.286. The van der Waals surface area contributed by atoms with Gasteiger partial charge in [0.25, 0.3) is 11.8 Å². The van der Waals surface area contributed by atoms with E-state index >= 15 is 0 Å². The third-order valence-corrected chi connectivity index (χ3v) is 4.30. The van der Waals surface area contributed by atoms with E-state index in [-0.39, 0.29) is 30.5 Å². The minimum Gasteiger partial charge on any atom is -0.497 e. The lowest BCUT2D eigenvalue weighted by atomic mass is 10.2. The first-order valence-electron chi connectivity index (χ1n) is 9.21. The lowest BCUT2D eigenvalue weighted by Gasteiger charge is -2.17. The number of anilines is 2. The van der Waals surface area contributed by atoms with Crippen molar-refractivity contribution in [3.63, 3.8) is 0 Å². The van der Waals surface area contributed by atoms with Gasteiger partial charge in [0.1, 0.15) is 5.75 Å². The second-order valence-electron chi connectivity index (χ2n) is 6.32. The number of rotatable bonds is 9. The van der Waals surface area contributed by atoms with Gasteiger partial charge in [0, 0.05) is 5.69 Å². The molecule has 1 atom stereocenters. The molecular weight excluding hydrogens is 374 g/mol. The number of quaternary nitrogens is 1. The van der Waals surface area contributed by atoms with Crippen LogP contribution in [-0.4, -0.2) is 51.6 Å². The number of amides is 2. The number of carbonyl (C=O) groups is 3. The molecule has 2 aromatic carbocycles. The minimum absolute atomic E-state index is 0.0854. The third kappa shape index (κ3) is 6.62. The van der Waals surface area contributed by atoms with E-state index in [4.69, 9.17) is 9.47 Å². The van der Waals surface area contributed by atoms with E-state index in [2.05, 4.69) is 10.6 Å². The zero-order valence-corrected chi connectivity index (χ0v) is 16.8. The van der Waals surface area contributed by atoms with E-state index < -0.39 is 5.97 Å². The van der Waals surface area contributed by atoms with Gasteiger partial charge in [-0.2, -0.15) is 0 Å². The molecule has 0 aliphatic carbocycles. The number of hydrogen-bond donors (Lipinski definition) is 3. The molecule has 0 aliphatic heterocycles. The molecule has 8 nitrogen and oxygen atoms in total. The van der Waals surface area contributed by atoms with Gasteiger partial charge in [-0.3, -0.25) is 9.59 Å². The summed E-state index contributed by atoms with van der Waals surface area (Å²) in [4.78, 5) is 37.3. The lowest BCUT2D eigenvalue weighted by Crippen LogP contribution is -3.13. The monoisotopic (exact) mass is 400 g/mol. The first-order valence-corrected chi connectivity index (χ1v) is 9.21. The molecule has 0 bridgehead atoms. The largest absolute Gasteiger partial charge is 0.497 e. The van der Waals surface area contributed by atoms with Gasteiger partial charge < -0.3 is 25.0 Å². The highest BCUT2D eigenvalue weighted by Crippen LogP contribution is 2.16. The number of hydrogen-bond acceptors (Lipinski definition) is 5. The van der Waals surface area contributed by atoms with Gasteiger partial charge in [-0.05, 0) is 43.3 Å². The maximum Gasteiger partial charge on any atom is 0.339 e. The van der Waals surface area contributed by atoms with Crippen LogP contribution in [0, 0.1) is 0 Å². The van der Waals surface area contributed by atoms with Crippen molar-refractivity contribution in [2.24, 2.45) is 0 Å². The number of methoxy groups -OCH3 is 2. The molecule has 3 N–H and O–H groups in total. The molecule has 2 amide bonds. The molecule has 2 aromatic rings. The molecule has 0 aliphatic rings. The Morgan fingerprint density at radius 3 is 2.10 bits per heavy atom. The third-order valence-electron chi connectivity index (χ3n) is 4.30. The number of carbonyl (C=O) groups excluding carboxylic acids is 3. The average molecular weight is 400 g/mol. The van der Waals surface area contributed by atoms with Crippen LogP contribution in [0.25, 0.3) is 0 Å². The van der Waals surface area contributed by atoms with E-state index in [9.17, 15) is 14.4 Å². The summed E-state index contributed by atoms with van der Waals surface area (Å²) >= 11 is 0. The standard InChI is InChI=1S/C21H25N3O5/c1-4-24(13-19(25)22-15-9-11-16(28-2)12-10-15)14-20(26)23-18-8-6-5-7-17(18)21(27)29-3/h5-12H,4,13-14H2,1-3H3,(H,22,25)(H,23,26)/p+1. The maximum absolute atomic E-state index is 12.4. The molecule has 8 heteroatoms. The summed E-state index contributed by atoms with van der Waals surface area (Å²) in [6.07, 6.45) is 0. The van der Waals surface area contributed by atoms with Crippen LogP contribution in [-0.2, 0) is 14.3 Å². The summed E-state index contributed by atoms with van der Waals surface area (Å²) in [5, 5.41) is 5.52. The topological polar surface area (TPSA) is 98.2 Å². The number of likely N-dealkylation sites (N-methyl/N-ethyl adjacent to an activating group) is 1. The molecule has 2 rings (SSSR count). The van der Waals surface area contributed by atoms with E-state index in [1.54, 1.807) is 55.6 Å². The number of para-hydroxylation sites is 1. The van der Waals surface area contributed by atoms with Crippen LogP contribution in [0.3, 0.4) is 0 Å². The van der Waals surface area contributed by atoms with E-state index in [1.807, 2.05) is 6.92 Å². The van der Waals surface area contributed by atoms with Crippen molar-refractivity contribution in [1.82, 2.24) is 0 Å². The Kier molecular flexibility index (Phi) is 8.17. The van der Waals surface area contributed by atoms with Gasteiger partial charge in [0.15, 0.2) is 13.1 Å². The van der Waals surface area contributed by atoms with Crippen LogP contribution in [0.1, 0.15) is 17.3 Å². The first kappa shape index (κ1) is 21.9. The molecule has 0 heterocycles. The van der Waals surface area contributed by atoms with E-state index in [1.165, 1.54) is 7.11 Å². The molecule has 1 unspecified atom stereocenters. The summed E-state index contributed by atoms with van der Waals surface area (Å²) in [5.41, 5.74) is 1.31. The van der Waals surface area contributed by atoms with Crippen LogP contribution in [0.2, 0.25) is 0 Å². The van der Waals surface area contributed by atoms with E-state index in [0.717, 1.165) is 4.90 Å². The van der Waals surface area contributed by atoms with Crippen molar-refractivity contribution in [2.75, 3.05) is 44.5 Å². The van der Waals surface area contributed by atoms with Gasteiger partial charge >= 0.3 is 5.97 Å². The molecule has 29 heavy (non-hydrogen) atoms. The summed E-state index contributed by atoms with van der Waals surface area (Å²) in [6.45, 7) is 2.70. The highest BCUT2D eigenvalue weighted by Gasteiger charge is 2.19. The Labute approximate surface area is 169 Å². The Hall–Kier alpha value is -3.39. The van der Waals surface area contributed by atoms with Crippen molar-refractivity contribution in [2.45, 2.75) is 6.92 Å². The average Bonchev–Trinajstić information content (AvgIpc) is 2.73. The van der Waals surface area contributed by atoms with Crippen molar-refractivity contribution >= 4 is 29.2 Å². The van der Waals surface area contributed by atoms with Crippen LogP contribution in [0.4, 0.5) is 11.4 Å². The van der Waals surface area contributed by atoms with Crippen LogP contribution < -0.4 is 20.3 Å². The fourth-order valence-electron chi connectivity index (χ4n) is 2.72. The van der Waals surface area contributed by atoms with Crippen molar-refractivity contribution < 1.29 is 28.8 Å². The summed E-state index contributed by atoms with van der Waals surface area (Å²) < 4.78 is 9.82. The van der Waals surface area contributed by atoms with Crippen LogP contribution in [0.15, 0.2) is 48.5 Å². The number of nitrogens with one attached hydrogen (secondary N) is 3. The summed E-state index contributed by atoms with van der Waals surface area (Å²) in [7, 11) is 2.86. The summed E-state index contributed by atoms with van der Waals surface area (Å²) in [6, 6.07) is 13.6. The molecule has 0 saturated heterocycles. The molecule has 0 aromatic heterocycles. The second-order valence-corrected chi connectivity index (χ2v) is 6.32. The molecule has 154 valence electrons. The first-order chi connectivity index (χ1) is 14.0. The number of ether oxygens (including phenoxy) is 2. The predicted molar refractivity (Wildman–Crippen MR) is 109 cm³/mol. The van der Waals surface area contributed by atoms with Gasteiger partial charge in [-0.15, -0.1) is 0 Å². The molecule has 0 spiro atoms. The SMILES string of the molecule is CC[NH+](CC(=O)Nc1ccc(OC)cc1)CC(=O)Nc1ccccc1C(=O)OC. The molecule has 0 fully saturated rings. The highest BCUT2D eigenvalue weighted by atomic mass is 16.5. The Morgan fingerprint density at radius 2 is 1.52 bits per heavy atom. The summed E-state index contributed by atoms with van der Waals surface area (Å²) in [5.74, 6) is -0.322. The van der Waals surface area contributed by atoms with Crippen molar-refractivity contribution in [3.8, 4) is 5.75 Å². The predicted octanol–water partition coefficient (Wildman–Crippen LogP) is 0.964.